The molecule has 1 fully saturated rings. The predicted molar refractivity (Wildman–Crippen MR) is 54.1 cm³/mol. The second-order valence-corrected chi connectivity index (χ2v) is 3.86. The molecule has 1 saturated carbocycles. The fourth-order valence-electron chi connectivity index (χ4n) is 2.27. The largest absolute Gasteiger partial charge is 0.271 e. The zero-order chi connectivity index (χ0) is 9.80. The van der Waals surface area contributed by atoms with E-state index in [1.165, 1.54) is 25.7 Å². The molecule has 1 aromatic rings. The van der Waals surface area contributed by atoms with Crippen molar-refractivity contribution in [3.63, 3.8) is 0 Å². The third-order valence-electron chi connectivity index (χ3n) is 2.99. The van der Waals surface area contributed by atoms with Gasteiger partial charge in [-0.1, -0.05) is 12.8 Å². The normalized spacial score (nSPS) is 19.8. The van der Waals surface area contributed by atoms with Crippen LogP contribution < -0.4 is 11.3 Å². The van der Waals surface area contributed by atoms with Crippen LogP contribution in [0.5, 0.6) is 0 Å². The Morgan fingerprint density at radius 1 is 1.29 bits per heavy atom. The van der Waals surface area contributed by atoms with Crippen LogP contribution in [0.1, 0.15) is 37.3 Å². The Kier molecular flexibility index (Phi) is 3.06. The number of aromatic nitrogens is 2. The fraction of sp³-hybridized carbons (Fsp3) is 0.600. The number of hydrogen-bond acceptors (Lipinski definition) is 4. The van der Waals surface area contributed by atoms with Crippen molar-refractivity contribution < 1.29 is 0 Å². The van der Waals surface area contributed by atoms with E-state index in [9.17, 15) is 0 Å². The molecule has 0 aliphatic heterocycles. The maximum Gasteiger partial charge on any atom is 0.115 e. The highest BCUT2D eigenvalue weighted by Gasteiger charge is 2.25. The van der Waals surface area contributed by atoms with Gasteiger partial charge in [0.15, 0.2) is 0 Å². The predicted octanol–water partition coefficient (Wildman–Crippen LogP) is 1.17. The van der Waals surface area contributed by atoms with Crippen LogP contribution in [0.15, 0.2) is 18.7 Å². The van der Waals surface area contributed by atoms with E-state index in [1.807, 2.05) is 12.4 Å². The van der Waals surface area contributed by atoms with Crippen LogP contribution >= 0.6 is 0 Å². The number of hydrogen-bond donors (Lipinski definition) is 2. The molecule has 1 aliphatic rings. The minimum atomic E-state index is 0.221. The second kappa shape index (κ2) is 4.48. The highest BCUT2D eigenvalue weighted by atomic mass is 15.2. The van der Waals surface area contributed by atoms with E-state index in [-0.39, 0.29) is 6.04 Å². The Hall–Kier alpha value is -1.00. The van der Waals surface area contributed by atoms with Crippen molar-refractivity contribution >= 4 is 0 Å². The van der Waals surface area contributed by atoms with E-state index in [4.69, 9.17) is 5.84 Å². The molecule has 1 aromatic heterocycles. The number of hydrazine groups is 1. The Balaban J connectivity index is 2.12. The van der Waals surface area contributed by atoms with Crippen molar-refractivity contribution in [3.05, 3.63) is 24.3 Å². The molecule has 1 unspecified atom stereocenters. The van der Waals surface area contributed by atoms with Gasteiger partial charge in [0.2, 0.25) is 0 Å². The summed E-state index contributed by atoms with van der Waals surface area (Å²) in [6.45, 7) is 0. The number of rotatable bonds is 3. The van der Waals surface area contributed by atoms with Crippen molar-refractivity contribution in [1.29, 1.82) is 0 Å². The van der Waals surface area contributed by atoms with Crippen LogP contribution in [0.25, 0.3) is 0 Å². The van der Waals surface area contributed by atoms with Crippen LogP contribution in [-0.2, 0) is 0 Å². The zero-order valence-electron chi connectivity index (χ0n) is 8.19. The molecule has 0 saturated heterocycles. The molecule has 0 spiro atoms. The van der Waals surface area contributed by atoms with Gasteiger partial charge in [0, 0.05) is 18.0 Å². The molecule has 76 valence electrons. The average molecular weight is 192 g/mol. The first kappa shape index (κ1) is 9.55. The molecule has 4 heteroatoms. The molecular weight excluding hydrogens is 176 g/mol. The van der Waals surface area contributed by atoms with E-state index in [0.29, 0.717) is 5.92 Å². The zero-order valence-corrected chi connectivity index (χ0v) is 8.19. The van der Waals surface area contributed by atoms with Gasteiger partial charge in [-0.05, 0) is 18.8 Å². The second-order valence-electron chi connectivity index (χ2n) is 3.86. The summed E-state index contributed by atoms with van der Waals surface area (Å²) >= 11 is 0. The summed E-state index contributed by atoms with van der Waals surface area (Å²) < 4.78 is 0. The monoisotopic (exact) mass is 192 g/mol. The fourth-order valence-corrected chi connectivity index (χ4v) is 2.27. The first-order valence-corrected chi connectivity index (χ1v) is 5.13. The molecule has 4 nitrogen and oxygen atoms in total. The number of nitrogens with zero attached hydrogens (tertiary/aromatic N) is 2. The molecular formula is C10H16N4. The van der Waals surface area contributed by atoms with Crippen molar-refractivity contribution in [2.24, 2.45) is 11.8 Å². The molecule has 0 bridgehead atoms. The van der Waals surface area contributed by atoms with E-state index < -0.39 is 0 Å². The lowest BCUT2D eigenvalue weighted by atomic mass is 9.94. The van der Waals surface area contributed by atoms with E-state index >= 15 is 0 Å². The summed E-state index contributed by atoms with van der Waals surface area (Å²) in [5, 5.41) is 0. The SMILES string of the molecule is NNC(c1cncnc1)C1CCCC1. The molecule has 0 amide bonds. The number of nitrogens with two attached hydrogens (primary N) is 1. The molecule has 0 aromatic carbocycles. The van der Waals surface area contributed by atoms with Crippen LogP contribution in [0.3, 0.4) is 0 Å². The molecule has 1 atom stereocenters. The van der Waals surface area contributed by atoms with Gasteiger partial charge in [-0.25, -0.2) is 9.97 Å². The minimum absolute atomic E-state index is 0.221. The van der Waals surface area contributed by atoms with E-state index in [1.54, 1.807) is 6.33 Å². The van der Waals surface area contributed by atoms with Crippen molar-refractivity contribution in [3.8, 4) is 0 Å². The summed E-state index contributed by atoms with van der Waals surface area (Å²) in [4.78, 5) is 8.04. The molecule has 2 rings (SSSR count). The summed E-state index contributed by atoms with van der Waals surface area (Å²) in [5.74, 6) is 6.22. The van der Waals surface area contributed by atoms with E-state index in [0.717, 1.165) is 5.56 Å². The maximum atomic E-state index is 5.58. The van der Waals surface area contributed by atoms with Crippen molar-refractivity contribution in [1.82, 2.24) is 15.4 Å². The maximum absolute atomic E-state index is 5.58. The lowest BCUT2D eigenvalue weighted by Gasteiger charge is -2.21. The van der Waals surface area contributed by atoms with Gasteiger partial charge in [-0.15, -0.1) is 0 Å². The minimum Gasteiger partial charge on any atom is -0.271 e. The molecule has 14 heavy (non-hydrogen) atoms. The summed E-state index contributed by atoms with van der Waals surface area (Å²) in [6.07, 6.45) is 10.4. The van der Waals surface area contributed by atoms with Crippen LogP contribution in [0, 0.1) is 5.92 Å². The number of nitrogens with one attached hydrogen (secondary N) is 1. The van der Waals surface area contributed by atoms with Crippen LogP contribution in [-0.4, -0.2) is 9.97 Å². The molecule has 1 heterocycles. The molecule has 1 aliphatic carbocycles. The third-order valence-corrected chi connectivity index (χ3v) is 2.99. The van der Waals surface area contributed by atoms with Gasteiger partial charge in [-0.2, -0.15) is 0 Å². The standard InChI is InChI=1S/C10H16N4/c11-14-10(8-3-1-2-4-8)9-5-12-7-13-6-9/h5-8,10,14H,1-4,11H2. The smallest absolute Gasteiger partial charge is 0.115 e. The average Bonchev–Trinajstić information content (AvgIpc) is 2.74. The lowest BCUT2D eigenvalue weighted by Crippen LogP contribution is -2.32. The first-order chi connectivity index (χ1) is 6.92. The van der Waals surface area contributed by atoms with Crippen molar-refractivity contribution in [2.75, 3.05) is 0 Å². The summed E-state index contributed by atoms with van der Waals surface area (Å²) in [7, 11) is 0. The lowest BCUT2D eigenvalue weighted by molar-refractivity contribution is 0.372. The van der Waals surface area contributed by atoms with Crippen LogP contribution in [0.2, 0.25) is 0 Å². The third kappa shape index (κ3) is 1.91. The highest BCUT2D eigenvalue weighted by Crippen LogP contribution is 2.34. The first-order valence-electron chi connectivity index (χ1n) is 5.13. The Morgan fingerprint density at radius 2 is 1.93 bits per heavy atom. The van der Waals surface area contributed by atoms with Crippen LogP contribution in [0.4, 0.5) is 0 Å². The molecule has 3 N–H and O–H groups in total. The molecule has 0 radical (unpaired) electrons. The van der Waals surface area contributed by atoms with Gasteiger partial charge in [0.25, 0.3) is 0 Å². The van der Waals surface area contributed by atoms with Gasteiger partial charge in [0.05, 0.1) is 6.04 Å². The van der Waals surface area contributed by atoms with E-state index in [2.05, 4.69) is 15.4 Å². The van der Waals surface area contributed by atoms with Gasteiger partial charge in [-0.3, -0.25) is 11.3 Å². The Labute approximate surface area is 83.9 Å². The topological polar surface area (TPSA) is 63.8 Å². The Bertz CT molecular complexity index is 269. The quantitative estimate of drug-likeness (QED) is 0.557. The highest BCUT2D eigenvalue weighted by molar-refractivity contribution is 5.10. The van der Waals surface area contributed by atoms with Gasteiger partial charge >= 0.3 is 0 Å². The van der Waals surface area contributed by atoms with Gasteiger partial charge < -0.3 is 0 Å². The van der Waals surface area contributed by atoms with Gasteiger partial charge in [0.1, 0.15) is 6.33 Å². The summed E-state index contributed by atoms with van der Waals surface area (Å²) in [5.41, 5.74) is 3.98. The Morgan fingerprint density at radius 3 is 2.50 bits per heavy atom. The van der Waals surface area contributed by atoms with Crippen molar-refractivity contribution in [2.45, 2.75) is 31.7 Å². The summed E-state index contributed by atoms with van der Waals surface area (Å²) in [6, 6.07) is 0.221.